The zero-order chi connectivity index (χ0) is 28.2. The average molecular weight is 558 g/mol. The molecule has 0 spiro atoms. The van der Waals surface area contributed by atoms with Crippen molar-refractivity contribution in [2.24, 2.45) is 0 Å². The number of carbonyl (C=O) groups excluding carboxylic acids is 2. The van der Waals surface area contributed by atoms with Crippen molar-refractivity contribution in [2.45, 2.75) is 58.0 Å². The zero-order valence-electron chi connectivity index (χ0n) is 21.2. The second-order valence-electron chi connectivity index (χ2n) is 9.79. The predicted molar refractivity (Wildman–Crippen MR) is 134 cm³/mol. The minimum atomic E-state index is -4.61. The maximum absolute atomic E-state index is 13.8. The summed E-state index contributed by atoms with van der Waals surface area (Å²) in [7, 11) is 0. The first-order valence-electron chi connectivity index (χ1n) is 12.2. The Bertz CT molecular complexity index is 1510. The molecule has 2 amide bonds. The minimum absolute atomic E-state index is 0.140. The van der Waals surface area contributed by atoms with Crippen LogP contribution in [0.25, 0.3) is 4.85 Å². The molecule has 4 heterocycles. The van der Waals surface area contributed by atoms with Crippen molar-refractivity contribution in [1.29, 1.82) is 0 Å². The average Bonchev–Trinajstić information content (AvgIpc) is 3.28. The van der Waals surface area contributed by atoms with Crippen molar-refractivity contribution in [1.82, 2.24) is 29.5 Å². The van der Waals surface area contributed by atoms with E-state index in [1.165, 1.54) is 12.1 Å². The number of carbonyl (C=O) groups is 2. The van der Waals surface area contributed by atoms with Crippen molar-refractivity contribution in [2.75, 3.05) is 6.54 Å². The fraction of sp³-hybridized carbons (Fsp3) is 0.385. The highest BCUT2D eigenvalue weighted by Gasteiger charge is 2.41. The summed E-state index contributed by atoms with van der Waals surface area (Å²) in [5.41, 5.74) is 1.32. The van der Waals surface area contributed by atoms with Crippen LogP contribution in [-0.4, -0.2) is 53.9 Å². The molecule has 0 saturated heterocycles. The number of hydrogen-bond acceptors (Lipinski definition) is 5. The SMILES string of the molecule is [C-]#[N+]c1cc(C(=O)N2Cc3c(nn4c3C(=O)N([C@@H](C)c3cnc(C(F)(F)F)cn3)C[C@H]4C)C[C@H]2C)ccc1Cl. The third-order valence-electron chi connectivity index (χ3n) is 7.22. The smallest absolute Gasteiger partial charge is 0.331 e. The van der Waals surface area contributed by atoms with Gasteiger partial charge >= 0.3 is 6.18 Å². The van der Waals surface area contributed by atoms with E-state index in [-0.39, 0.29) is 53.4 Å². The maximum atomic E-state index is 13.8. The van der Waals surface area contributed by atoms with Crippen molar-refractivity contribution < 1.29 is 22.8 Å². The molecular weight excluding hydrogens is 535 g/mol. The normalized spacial score (nSPS) is 19.8. The lowest BCUT2D eigenvalue weighted by Gasteiger charge is -2.37. The second-order valence-corrected chi connectivity index (χ2v) is 10.2. The standard InChI is InChI=1S/C26H23ClF3N7O2/c1-13-7-19-17(12-35(13)24(38)16-5-6-18(27)20(8-16)31-4)23-25(39)36(11-14(2)37(23)34-19)15(3)21-9-33-22(10-32-21)26(28,29)30/h5-6,8-10,13-15H,7,11-12H2,1-3H3/t13-,14-,15+/m1/s1. The van der Waals surface area contributed by atoms with Crippen LogP contribution in [0.4, 0.5) is 18.9 Å². The van der Waals surface area contributed by atoms with Crippen LogP contribution in [0.2, 0.25) is 5.02 Å². The Morgan fingerprint density at radius 2 is 1.95 bits per heavy atom. The molecule has 0 radical (unpaired) electrons. The first kappa shape index (κ1) is 26.6. The third-order valence-corrected chi connectivity index (χ3v) is 7.53. The molecule has 1 aromatic carbocycles. The van der Waals surface area contributed by atoms with Gasteiger partial charge in [0.2, 0.25) is 5.69 Å². The summed E-state index contributed by atoms with van der Waals surface area (Å²) in [5.74, 6) is -0.643. The van der Waals surface area contributed by atoms with Crippen molar-refractivity contribution in [3.8, 4) is 0 Å². The highest BCUT2D eigenvalue weighted by molar-refractivity contribution is 6.33. The third kappa shape index (κ3) is 4.61. The second kappa shape index (κ2) is 9.64. The number of nitrogens with zero attached hydrogens (tertiary/aromatic N) is 7. The minimum Gasteiger partial charge on any atom is -0.331 e. The highest BCUT2D eigenvalue weighted by Crippen LogP contribution is 2.36. The van der Waals surface area contributed by atoms with E-state index in [0.29, 0.717) is 29.4 Å². The van der Waals surface area contributed by atoms with Gasteiger partial charge < -0.3 is 9.80 Å². The molecule has 9 nitrogen and oxygen atoms in total. The summed E-state index contributed by atoms with van der Waals surface area (Å²) >= 11 is 6.04. The molecule has 13 heteroatoms. The number of benzene rings is 1. The lowest BCUT2D eigenvalue weighted by atomic mass is 9.97. The number of fused-ring (bicyclic) bond motifs is 3. The van der Waals surface area contributed by atoms with E-state index in [4.69, 9.17) is 23.3 Å². The number of hydrogen-bond donors (Lipinski definition) is 0. The molecule has 2 aromatic heterocycles. The van der Waals surface area contributed by atoms with Crippen molar-refractivity contribution >= 4 is 29.1 Å². The summed E-state index contributed by atoms with van der Waals surface area (Å²) in [6.45, 7) is 13.2. The van der Waals surface area contributed by atoms with Gasteiger partial charge in [-0.3, -0.25) is 19.3 Å². The number of amides is 2. The lowest BCUT2D eigenvalue weighted by molar-refractivity contribution is -0.141. The largest absolute Gasteiger partial charge is 0.434 e. The first-order chi connectivity index (χ1) is 18.4. The van der Waals surface area contributed by atoms with E-state index < -0.39 is 17.9 Å². The highest BCUT2D eigenvalue weighted by atomic mass is 35.5. The van der Waals surface area contributed by atoms with E-state index in [1.807, 2.05) is 13.8 Å². The van der Waals surface area contributed by atoms with E-state index in [2.05, 4.69) is 14.8 Å². The van der Waals surface area contributed by atoms with Crippen LogP contribution in [0, 0.1) is 6.57 Å². The Morgan fingerprint density at radius 1 is 1.21 bits per heavy atom. The van der Waals surface area contributed by atoms with E-state index >= 15 is 0 Å². The van der Waals surface area contributed by atoms with Crippen LogP contribution >= 0.6 is 11.6 Å². The van der Waals surface area contributed by atoms with Crippen LogP contribution in [-0.2, 0) is 19.1 Å². The van der Waals surface area contributed by atoms with Crippen LogP contribution < -0.4 is 0 Å². The first-order valence-corrected chi connectivity index (χ1v) is 12.6. The molecular formula is C26H23ClF3N7O2. The Morgan fingerprint density at radius 3 is 2.59 bits per heavy atom. The molecule has 0 N–H and O–H groups in total. The van der Waals surface area contributed by atoms with Crippen LogP contribution in [0.1, 0.15) is 76.3 Å². The summed E-state index contributed by atoms with van der Waals surface area (Å²) in [5, 5.41) is 4.96. The van der Waals surface area contributed by atoms with Crippen molar-refractivity contribution in [3.05, 3.63) is 80.9 Å². The molecule has 2 aliphatic heterocycles. The topological polar surface area (TPSA) is 88.6 Å². The van der Waals surface area contributed by atoms with Gasteiger partial charge in [0.05, 0.1) is 49.0 Å². The van der Waals surface area contributed by atoms with Crippen LogP contribution in [0.15, 0.2) is 30.6 Å². The van der Waals surface area contributed by atoms with E-state index in [1.54, 1.807) is 27.5 Å². The lowest BCUT2D eigenvalue weighted by Crippen LogP contribution is -2.45. The van der Waals surface area contributed by atoms with Gasteiger partial charge in [0.1, 0.15) is 5.69 Å². The van der Waals surface area contributed by atoms with Gasteiger partial charge in [0.25, 0.3) is 11.8 Å². The molecule has 0 saturated carbocycles. The van der Waals surface area contributed by atoms with Gasteiger partial charge in [-0.25, -0.2) is 9.83 Å². The van der Waals surface area contributed by atoms with Gasteiger partial charge in [-0.1, -0.05) is 23.7 Å². The van der Waals surface area contributed by atoms with Gasteiger partial charge in [-0.05, 0) is 26.8 Å². The summed E-state index contributed by atoms with van der Waals surface area (Å²) in [6.07, 6.45) is -2.47. The number of rotatable bonds is 3. The Balaban J connectivity index is 1.45. The van der Waals surface area contributed by atoms with Gasteiger partial charge in [0.15, 0.2) is 5.69 Å². The Kier molecular flexibility index (Phi) is 6.58. The maximum Gasteiger partial charge on any atom is 0.434 e. The van der Waals surface area contributed by atoms with E-state index in [9.17, 15) is 22.8 Å². The van der Waals surface area contributed by atoms with Crippen molar-refractivity contribution in [3.63, 3.8) is 0 Å². The Hall–Kier alpha value is -3.98. The molecule has 5 rings (SSSR count). The number of halogens is 4. The molecule has 0 unspecified atom stereocenters. The molecule has 2 aliphatic rings. The molecule has 3 atom stereocenters. The molecule has 0 fully saturated rings. The molecule has 0 aliphatic carbocycles. The fourth-order valence-electron chi connectivity index (χ4n) is 5.05. The fourth-order valence-corrected chi connectivity index (χ4v) is 5.21. The molecule has 0 bridgehead atoms. The Labute approximate surface area is 227 Å². The number of alkyl halides is 3. The van der Waals surface area contributed by atoms with E-state index in [0.717, 1.165) is 11.9 Å². The zero-order valence-corrected chi connectivity index (χ0v) is 22.0. The predicted octanol–water partition coefficient (Wildman–Crippen LogP) is 5.26. The van der Waals surface area contributed by atoms with Gasteiger partial charge in [-0.2, -0.15) is 18.3 Å². The molecule has 202 valence electrons. The summed E-state index contributed by atoms with van der Waals surface area (Å²) in [6, 6.07) is 3.46. The van der Waals surface area contributed by atoms with Gasteiger partial charge in [-0.15, -0.1) is 0 Å². The summed E-state index contributed by atoms with van der Waals surface area (Å²) in [4.78, 5) is 41.2. The monoisotopic (exact) mass is 557 g/mol. The number of aromatic nitrogens is 4. The van der Waals surface area contributed by atoms with Crippen LogP contribution in [0.5, 0.6) is 0 Å². The molecule has 39 heavy (non-hydrogen) atoms. The van der Waals surface area contributed by atoms with Gasteiger partial charge in [0, 0.05) is 35.2 Å². The molecule has 3 aromatic rings. The quantitative estimate of drug-likeness (QED) is 0.410. The summed E-state index contributed by atoms with van der Waals surface area (Å²) < 4.78 is 40.5. The van der Waals surface area contributed by atoms with Crippen LogP contribution in [0.3, 0.4) is 0 Å².